The van der Waals surface area contributed by atoms with Gasteiger partial charge in [0.25, 0.3) is 0 Å². The average molecular weight is 583 g/mol. The van der Waals surface area contributed by atoms with E-state index in [0.717, 1.165) is 16.5 Å². The lowest BCUT2D eigenvalue weighted by Gasteiger charge is -2.28. The van der Waals surface area contributed by atoms with Crippen molar-refractivity contribution in [2.24, 2.45) is 0 Å². The number of thioether (sulfide) groups is 1. The van der Waals surface area contributed by atoms with Crippen LogP contribution in [0.4, 0.5) is 18.9 Å². The number of anilines is 1. The molecule has 0 heterocycles. The molecule has 0 bridgehead atoms. The summed E-state index contributed by atoms with van der Waals surface area (Å²) in [5.41, 5.74) is -0.257. The van der Waals surface area contributed by atoms with Gasteiger partial charge >= 0.3 is 12.1 Å². The Hall–Kier alpha value is -2.56. The maximum atomic E-state index is 13.7. The lowest BCUT2D eigenvalue weighted by Crippen LogP contribution is -2.36. The van der Waals surface area contributed by atoms with Gasteiger partial charge in [0.05, 0.1) is 24.4 Å². The van der Waals surface area contributed by atoms with Crippen LogP contribution in [0.1, 0.15) is 71.1 Å². The van der Waals surface area contributed by atoms with Crippen molar-refractivity contribution in [2.45, 2.75) is 82.3 Å². The van der Waals surface area contributed by atoms with E-state index in [4.69, 9.17) is 9.47 Å². The standard InChI is InChI=1S/C30H41F3N2O4S/c1-20(2)22-11-14-25(24(17-22)30(31,32)33)34-26(36)19-35(15-16-38-8)18-21-9-12-23(13-10-21)40-29(6,7)27(37)39-28(3,4)5/h9-14,17,20H,15-16,18-19H2,1-8H3,(H,34,36). The molecule has 0 unspecified atom stereocenters. The van der Waals surface area contributed by atoms with Crippen molar-refractivity contribution in [2.75, 3.05) is 32.1 Å². The summed E-state index contributed by atoms with van der Waals surface area (Å²) in [6.07, 6.45) is -4.60. The minimum atomic E-state index is -4.60. The van der Waals surface area contributed by atoms with E-state index in [1.807, 2.05) is 72.7 Å². The third kappa shape index (κ3) is 10.8. The second-order valence-electron chi connectivity index (χ2n) is 11.5. The predicted octanol–water partition coefficient (Wildman–Crippen LogP) is 7.13. The Kier molecular flexibility index (Phi) is 11.7. The summed E-state index contributed by atoms with van der Waals surface area (Å²) in [7, 11) is 1.54. The molecule has 0 saturated heterocycles. The Labute approximate surface area is 240 Å². The quantitative estimate of drug-likeness (QED) is 0.212. The van der Waals surface area contributed by atoms with Crippen molar-refractivity contribution in [3.05, 3.63) is 59.2 Å². The fraction of sp³-hybridized carbons (Fsp3) is 0.533. The number of rotatable bonds is 12. The molecule has 0 radical (unpaired) electrons. The van der Waals surface area contributed by atoms with Gasteiger partial charge in [-0.25, -0.2) is 0 Å². The van der Waals surface area contributed by atoms with Gasteiger partial charge in [-0.2, -0.15) is 13.2 Å². The van der Waals surface area contributed by atoms with Crippen molar-refractivity contribution < 1.29 is 32.2 Å². The van der Waals surface area contributed by atoms with Crippen LogP contribution in [0.2, 0.25) is 0 Å². The summed E-state index contributed by atoms with van der Waals surface area (Å²) in [4.78, 5) is 28.1. The van der Waals surface area contributed by atoms with E-state index in [1.54, 1.807) is 18.1 Å². The first-order valence-corrected chi connectivity index (χ1v) is 14.0. The molecule has 0 fully saturated rings. The molecular weight excluding hydrogens is 541 g/mol. The molecular formula is C30H41F3N2O4S. The van der Waals surface area contributed by atoms with Crippen LogP contribution >= 0.6 is 11.8 Å². The summed E-state index contributed by atoms with van der Waals surface area (Å²) >= 11 is 1.39. The number of amides is 1. The number of esters is 1. The molecule has 0 spiro atoms. The third-order valence-electron chi connectivity index (χ3n) is 5.86. The highest BCUT2D eigenvalue weighted by atomic mass is 32.2. The Bertz CT molecular complexity index is 1140. The highest BCUT2D eigenvalue weighted by molar-refractivity contribution is 8.01. The number of benzene rings is 2. The van der Waals surface area contributed by atoms with Crippen LogP contribution in [-0.4, -0.2) is 53.9 Å². The van der Waals surface area contributed by atoms with Crippen LogP contribution in [0.3, 0.4) is 0 Å². The van der Waals surface area contributed by atoms with Gasteiger partial charge in [0, 0.05) is 25.1 Å². The van der Waals surface area contributed by atoms with Crippen LogP contribution in [0.5, 0.6) is 0 Å². The number of nitrogens with zero attached hydrogens (tertiary/aromatic N) is 1. The van der Waals surface area contributed by atoms with Crippen molar-refractivity contribution in [3.8, 4) is 0 Å². The number of alkyl halides is 3. The summed E-state index contributed by atoms with van der Waals surface area (Å²) in [6, 6.07) is 11.6. The summed E-state index contributed by atoms with van der Waals surface area (Å²) in [6.45, 7) is 13.8. The number of hydrogen-bond acceptors (Lipinski definition) is 6. The number of carbonyl (C=O) groups is 2. The minimum Gasteiger partial charge on any atom is -0.459 e. The monoisotopic (exact) mass is 582 g/mol. The maximum Gasteiger partial charge on any atom is 0.418 e. The minimum absolute atomic E-state index is 0.0800. The first-order valence-electron chi connectivity index (χ1n) is 13.1. The second kappa shape index (κ2) is 13.9. The molecule has 0 aliphatic rings. The van der Waals surface area contributed by atoms with Gasteiger partial charge in [0.2, 0.25) is 5.91 Å². The first kappa shape index (κ1) is 33.6. The summed E-state index contributed by atoms with van der Waals surface area (Å²) in [5, 5.41) is 2.45. The Morgan fingerprint density at radius 1 is 1.00 bits per heavy atom. The van der Waals surface area contributed by atoms with Crippen molar-refractivity contribution in [1.29, 1.82) is 0 Å². The number of ether oxygens (including phenoxy) is 2. The van der Waals surface area contributed by atoms with Crippen molar-refractivity contribution in [3.63, 3.8) is 0 Å². The van der Waals surface area contributed by atoms with Gasteiger partial charge < -0.3 is 14.8 Å². The SMILES string of the molecule is COCCN(CC(=O)Nc1ccc(C(C)C)cc1C(F)(F)F)Cc1ccc(SC(C)(C)C(=O)OC(C)(C)C)cc1. The molecule has 0 saturated carbocycles. The molecule has 222 valence electrons. The lowest BCUT2D eigenvalue weighted by atomic mass is 9.99. The molecule has 10 heteroatoms. The number of carbonyl (C=O) groups excluding carboxylic acids is 2. The molecule has 1 N–H and O–H groups in total. The van der Waals surface area contributed by atoms with Gasteiger partial charge in [-0.1, -0.05) is 32.0 Å². The van der Waals surface area contributed by atoms with E-state index in [1.165, 1.54) is 17.8 Å². The number of hydrogen-bond donors (Lipinski definition) is 1. The zero-order valence-corrected chi connectivity index (χ0v) is 25.4. The van der Waals surface area contributed by atoms with Crippen LogP contribution in [0, 0.1) is 0 Å². The van der Waals surface area contributed by atoms with Crippen LogP contribution in [0.25, 0.3) is 0 Å². The first-order chi connectivity index (χ1) is 18.4. The topological polar surface area (TPSA) is 67.9 Å². The smallest absolute Gasteiger partial charge is 0.418 e. The maximum absolute atomic E-state index is 13.7. The molecule has 6 nitrogen and oxygen atoms in total. The van der Waals surface area contributed by atoms with Crippen molar-refractivity contribution in [1.82, 2.24) is 4.90 Å². The molecule has 0 aromatic heterocycles. The molecule has 0 aliphatic heterocycles. The second-order valence-corrected chi connectivity index (χ2v) is 13.2. The molecule has 2 aromatic carbocycles. The van der Waals surface area contributed by atoms with E-state index in [0.29, 0.717) is 25.3 Å². The van der Waals surface area contributed by atoms with Gasteiger partial charge in [-0.15, -0.1) is 11.8 Å². The van der Waals surface area contributed by atoms with E-state index in [9.17, 15) is 22.8 Å². The van der Waals surface area contributed by atoms with Crippen molar-refractivity contribution >= 4 is 29.3 Å². The van der Waals surface area contributed by atoms with E-state index >= 15 is 0 Å². The zero-order valence-electron chi connectivity index (χ0n) is 24.6. The molecule has 0 aliphatic carbocycles. The third-order valence-corrected chi connectivity index (χ3v) is 7.05. The predicted molar refractivity (Wildman–Crippen MR) is 154 cm³/mol. The van der Waals surface area contributed by atoms with E-state index < -0.39 is 28.0 Å². The van der Waals surface area contributed by atoms with Gasteiger partial charge in [0.1, 0.15) is 10.3 Å². The zero-order chi connectivity index (χ0) is 30.3. The number of halogens is 3. The molecule has 1 amide bonds. The molecule has 0 atom stereocenters. The lowest BCUT2D eigenvalue weighted by molar-refractivity contribution is -0.156. The fourth-order valence-electron chi connectivity index (χ4n) is 3.75. The normalized spacial score (nSPS) is 12.6. The van der Waals surface area contributed by atoms with E-state index in [2.05, 4.69) is 5.32 Å². The Morgan fingerprint density at radius 3 is 2.15 bits per heavy atom. The van der Waals surface area contributed by atoms with Crippen LogP contribution < -0.4 is 5.32 Å². The van der Waals surface area contributed by atoms with Gasteiger partial charge in [-0.05, 0) is 75.9 Å². The van der Waals surface area contributed by atoms with Gasteiger partial charge in [-0.3, -0.25) is 14.5 Å². The molecule has 2 rings (SSSR count). The van der Waals surface area contributed by atoms with E-state index in [-0.39, 0.29) is 24.1 Å². The number of methoxy groups -OCH3 is 1. The average Bonchev–Trinajstić information content (AvgIpc) is 2.81. The highest BCUT2D eigenvalue weighted by Gasteiger charge is 2.35. The van der Waals surface area contributed by atoms with Crippen LogP contribution in [-0.2, 0) is 31.8 Å². The Balaban J connectivity index is 2.11. The number of nitrogens with one attached hydrogen (secondary N) is 1. The fourth-order valence-corrected chi connectivity index (χ4v) is 4.74. The highest BCUT2D eigenvalue weighted by Crippen LogP contribution is 2.37. The summed E-state index contributed by atoms with van der Waals surface area (Å²) in [5.74, 6) is -0.938. The molecule has 40 heavy (non-hydrogen) atoms. The van der Waals surface area contributed by atoms with Gasteiger partial charge in [0.15, 0.2) is 0 Å². The Morgan fingerprint density at radius 2 is 1.62 bits per heavy atom. The molecule has 2 aromatic rings. The largest absolute Gasteiger partial charge is 0.459 e. The summed E-state index contributed by atoms with van der Waals surface area (Å²) < 4.78 is 51.0. The van der Waals surface area contributed by atoms with Crippen LogP contribution in [0.15, 0.2) is 47.4 Å².